The van der Waals surface area contributed by atoms with Gasteiger partial charge in [0.25, 0.3) is 0 Å². The first kappa shape index (κ1) is 18.7. The summed E-state index contributed by atoms with van der Waals surface area (Å²) in [7, 11) is 0. The zero-order valence-electron chi connectivity index (χ0n) is 14.6. The van der Waals surface area contributed by atoms with Crippen molar-refractivity contribution in [1.82, 2.24) is 4.90 Å². The molecule has 0 aliphatic rings. The van der Waals surface area contributed by atoms with Crippen LogP contribution in [0.5, 0.6) is 5.75 Å². The van der Waals surface area contributed by atoms with Crippen LogP contribution in [0, 0.1) is 0 Å². The third-order valence-corrected chi connectivity index (χ3v) is 3.70. The van der Waals surface area contributed by atoms with E-state index in [9.17, 15) is 4.79 Å². The third kappa shape index (κ3) is 7.23. The molecule has 0 aliphatic heterocycles. The molecule has 0 saturated carbocycles. The standard InChI is InChI=1S/C21H25NO3/c1-2-14-22(16-21(23)24)15-6-9-18-10-12-20(13-11-18)25-17-19-7-4-3-5-8-19/h3-13H,2,14-17H2,1H3,(H,23,24)/b9-6+. The summed E-state index contributed by atoms with van der Waals surface area (Å²) >= 11 is 0. The number of benzene rings is 2. The van der Waals surface area contributed by atoms with Gasteiger partial charge in [-0.25, -0.2) is 0 Å². The van der Waals surface area contributed by atoms with E-state index in [2.05, 4.69) is 0 Å². The predicted molar refractivity (Wildman–Crippen MR) is 101 cm³/mol. The minimum Gasteiger partial charge on any atom is -0.489 e. The first-order chi connectivity index (χ1) is 12.2. The fourth-order valence-electron chi connectivity index (χ4n) is 2.50. The SMILES string of the molecule is CCCN(C/C=C/c1ccc(OCc2ccccc2)cc1)CC(=O)O. The normalized spacial score (nSPS) is 11.1. The van der Waals surface area contributed by atoms with Crippen molar-refractivity contribution in [2.75, 3.05) is 19.6 Å². The third-order valence-electron chi connectivity index (χ3n) is 3.70. The second-order valence-corrected chi connectivity index (χ2v) is 5.87. The van der Waals surface area contributed by atoms with Gasteiger partial charge in [-0.1, -0.05) is 61.5 Å². The van der Waals surface area contributed by atoms with Crippen LogP contribution < -0.4 is 4.74 Å². The molecule has 4 nitrogen and oxygen atoms in total. The molecule has 0 saturated heterocycles. The Morgan fingerprint density at radius 1 is 1.12 bits per heavy atom. The van der Waals surface area contributed by atoms with E-state index < -0.39 is 5.97 Å². The van der Waals surface area contributed by atoms with E-state index in [4.69, 9.17) is 9.84 Å². The van der Waals surface area contributed by atoms with Crippen molar-refractivity contribution >= 4 is 12.0 Å². The molecule has 0 aromatic heterocycles. The Morgan fingerprint density at radius 2 is 1.84 bits per heavy atom. The highest BCUT2D eigenvalue weighted by Gasteiger charge is 2.06. The van der Waals surface area contributed by atoms with Crippen LogP contribution in [-0.2, 0) is 11.4 Å². The van der Waals surface area contributed by atoms with Crippen molar-refractivity contribution in [1.29, 1.82) is 0 Å². The minimum atomic E-state index is -0.790. The van der Waals surface area contributed by atoms with Gasteiger partial charge in [-0.3, -0.25) is 9.69 Å². The van der Waals surface area contributed by atoms with Gasteiger partial charge < -0.3 is 9.84 Å². The average Bonchev–Trinajstić information content (AvgIpc) is 2.61. The molecule has 132 valence electrons. The zero-order valence-corrected chi connectivity index (χ0v) is 14.6. The fourth-order valence-corrected chi connectivity index (χ4v) is 2.50. The zero-order chi connectivity index (χ0) is 17.9. The Labute approximate surface area is 149 Å². The number of carboxylic acid groups (broad SMARTS) is 1. The topological polar surface area (TPSA) is 49.8 Å². The maximum absolute atomic E-state index is 10.8. The first-order valence-corrected chi connectivity index (χ1v) is 8.55. The molecule has 25 heavy (non-hydrogen) atoms. The number of ether oxygens (including phenoxy) is 1. The highest BCUT2D eigenvalue weighted by Crippen LogP contribution is 2.15. The van der Waals surface area contributed by atoms with Crippen LogP contribution in [0.2, 0.25) is 0 Å². The molecule has 0 spiro atoms. The van der Waals surface area contributed by atoms with Gasteiger partial charge in [0.15, 0.2) is 0 Å². The smallest absolute Gasteiger partial charge is 0.317 e. The van der Waals surface area contributed by atoms with E-state index in [1.54, 1.807) is 0 Å². The summed E-state index contributed by atoms with van der Waals surface area (Å²) in [5.41, 5.74) is 2.21. The lowest BCUT2D eigenvalue weighted by Crippen LogP contribution is -2.30. The van der Waals surface area contributed by atoms with Crippen LogP contribution >= 0.6 is 0 Å². The number of carbonyl (C=O) groups is 1. The molecule has 0 unspecified atom stereocenters. The van der Waals surface area contributed by atoms with E-state index >= 15 is 0 Å². The number of carboxylic acids is 1. The summed E-state index contributed by atoms with van der Waals surface area (Å²) in [5, 5.41) is 8.91. The van der Waals surface area contributed by atoms with Crippen LogP contribution in [0.3, 0.4) is 0 Å². The van der Waals surface area contributed by atoms with Gasteiger partial charge in [0.1, 0.15) is 12.4 Å². The van der Waals surface area contributed by atoms with E-state index in [0.29, 0.717) is 13.2 Å². The van der Waals surface area contributed by atoms with Crippen molar-refractivity contribution in [2.24, 2.45) is 0 Å². The second-order valence-electron chi connectivity index (χ2n) is 5.87. The monoisotopic (exact) mass is 339 g/mol. The van der Waals surface area contributed by atoms with Crippen LogP contribution in [0.25, 0.3) is 6.08 Å². The summed E-state index contributed by atoms with van der Waals surface area (Å²) in [5.74, 6) is 0.0428. The van der Waals surface area contributed by atoms with Gasteiger partial charge in [-0.15, -0.1) is 0 Å². The maximum atomic E-state index is 10.8. The fraction of sp³-hybridized carbons (Fsp3) is 0.286. The summed E-state index contributed by atoms with van der Waals surface area (Å²) in [6, 6.07) is 18.0. The molecule has 0 bridgehead atoms. The highest BCUT2D eigenvalue weighted by molar-refractivity contribution is 5.69. The number of aliphatic carboxylic acids is 1. The van der Waals surface area contributed by atoms with E-state index in [1.165, 1.54) is 0 Å². The minimum absolute atomic E-state index is 0.0739. The van der Waals surface area contributed by atoms with Crippen LogP contribution in [0.15, 0.2) is 60.7 Å². The van der Waals surface area contributed by atoms with E-state index in [1.807, 2.05) is 78.6 Å². The lowest BCUT2D eigenvalue weighted by Gasteiger charge is -2.16. The molecule has 0 heterocycles. The second kappa shape index (κ2) is 10.3. The Bertz CT molecular complexity index is 665. The van der Waals surface area contributed by atoms with Crippen LogP contribution in [0.1, 0.15) is 24.5 Å². The van der Waals surface area contributed by atoms with Crippen molar-refractivity contribution < 1.29 is 14.6 Å². The average molecular weight is 339 g/mol. The molecular weight excluding hydrogens is 314 g/mol. The largest absolute Gasteiger partial charge is 0.489 e. The van der Waals surface area contributed by atoms with Crippen LogP contribution in [-0.4, -0.2) is 35.6 Å². The summed E-state index contributed by atoms with van der Waals surface area (Å²) in [6.07, 6.45) is 4.94. The molecule has 0 amide bonds. The molecule has 0 fully saturated rings. The summed E-state index contributed by atoms with van der Waals surface area (Å²) in [6.45, 7) is 4.09. The number of nitrogens with zero attached hydrogens (tertiary/aromatic N) is 1. The number of hydrogen-bond donors (Lipinski definition) is 1. The summed E-state index contributed by atoms with van der Waals surface area (Å²) in [4.78, 5) is 12.8. The highest BCUT2D eigenvalue weighted by atomic mass is 16.5. The molecule has 0 atom stereocenters. The first-order valence-electron chi connectivity index (χ1n) is 8.55. The van der Waals surface area contributed by atoms with Crippen molar-refractivity contribution in [3.05, 3.63) is 71.8 Å². The quantitative estimate of drug-likeness (QED) is 0.709. The van der Waals surface area contributed by atoms with E-state index in [-0.39, 0.29) is 6.54 Å². The van der Waals surface area contributed by atoms with Crippen LogP contribution in [0.4, 0.5) is 0 Å². The maximum Gasteiger partial charge on any atom is 0.317 e. The molecule has 2 rings (SSSR count). The number of rotatable bonds is 10. The Morgan fingerprint density at radius 3 is 2.48 bits per heavy atom. The lowest BCUT2D eigenvalue weighted by molar-refractivity contribution is -0.138. The van der Waals surface area contributed by atoms with Crippen molar-refractivity contribution in [3.63, 3.8) is 0 Å². The van der Waals surface area contributed by atoms with Gasteiger partial charge >= 0.3 is 5.97 Å². The summed E-state index contributed by atoms with van der Waals surface area (Å²) < 4.78 is 5.77. The molecular formula is C21H25NO3. The van der Waals surface area contributed by atoms with Gasteiger partial charge in [0.05, 0.1) is 6.54 Å². The molecule has 0 aliphatic carbocycles. The molecule has 0 radical (unpaired) electrons. The molecule has 2 aromatic carbocycles. The van der Waals surface area contributed by atoms with Gasteiger partial charge in [0, 0.05) is 6.54 Å². The Kier molecular flexibility index (Phi) is 7.73. The van der Waals surface area contributed by atoms with Gasteiger partial charge in [-0.05, 0) is 36.2 Å². The Balaban J connectivity index is 1.83. The number of hydrogen-bond acceptors (Lipinski definition) is 3. The van der Waals surface area contributed by atoms with E-state index in [0.717, 1.165) is 29.8 Å². The molecule has 1 N–H and O–H groups in total. The lowest BCUT2D eigenvalue weighted by atomic mass is 10.2. The van der Waals surface area contributed by atoms with Crippen molar-refractivity contribution in [2.45, 2.75) is 20.0 Å². The predicted octanol–water partition coefficient (Wildman–Crippen LogP) is 4.08. The molecule has 4 heteroatoms. The van der Waals surface area contributed by atoms with Gasteiger partial charge in [-0.2, -0.15) is 0 Å². The van der Waals surface area contributed by atoms with Crippen molar-refractivity contribution in [3.8, 4) is 5.75 Å². The molecule has 2 aromatic rings. The van der Waals surface area contributed by atoms with Gasteiger partial charge in [0.2, 0.25) is 0 Å². The Hall–Kier alpha value is -2.59.